The van der Waals surface area contributed by atoms with Crippen molar-refractivity contribution in [2.24, 2.45) is 10.8 Å². The van der Waals surface area contributed by atoms with Gasteiger partial charge >= 0.3 is 5.97 Å². The molecule has 0 radical (unpaired) electrons. The van der Waals surface area contributed by atoms with E-state index in [1.54, 1.807) is 11.5 Å². The first-order chi connectivity index (χ1) is 19.6. The molecule has 3 atom stereocenters. The van der Waals surface area contributed by atoms with Crippen molar-refractivity contribution in [1.29, 1.82) is 0 Å². The van der Waals surface area contributed by atoms with Crippen LogP contribution in [0.2, 0.25) is 0 Å². The number of aliphatic carboxylic acids is 1. The van der Waals surface area contributed by atoms with Crippen LogP contribution in [0.1, 0.15) is 142 Å². The zero-order valence-electron chi connectivity index (χ0n) is 26.2. The lowest BCUT2D eigenvalue weighted by Crippen LogP contribution is -2.56. The minimum absolute atomic E-state index is 0.0673. The molecular weight excluding hydrogens is 516 g/mol. The first-order valence-electron chi connectivity index (χ1n) is 16.2. The average Bonchev–Trinajstić information content (AvgIpc) is 3.29. The number of carbonyl (C=O) groups excluding carboxylic acids is 1. The van der Waals surface area contributed by atoms with Crippen LogP contribution in [0.4, 0.5) is 0 Å². The van der Waals surface area contributed by atoms with Gasteiger partial charge in [-0.15, -0.1) is 0 Å². The maximum absolute atomic E-state index is 14.0. The van der Waals surface area contributed by atoms with Crippen molar-refractivity contribution < 1.29 is 24.2 Å². The summed E-state index contributed by atoms with van der Waals surface area (Å²) in [4.78, 5) is 31.3. The van der Waals surface area contributed by atoms with Crippen LogP contribution in [0.15, 0.2) is 12.1 Å². The number of nitrogens with zero attached hydrogens (tertiary/aromatic N) is 2. The second-order valence-electron chi connectivity index (χ2n) is 13.6. The molecule has 0 amide bonds. The van der Waals surface area contributed by atoms with Gasteiger partial charge < -0.3 is 14.6 Å². The third-order valence-electron chi connectivity index (χ3n) is 9.35. The summed E-state index contributed by atoms with van der Waals surface area (Å²) in [7, 11) is 0. The first kappa shape index (κ1) is 31.4. The van der Waals surface area contributed by atoms with Crippen LogP contribution < -0.4 is 9.47 Å². The van der Waals surface area contributed by atoms with E-state index < -0.39 is 22.2 Å². The molecule has 1 aromatic carbocycles. The SMILES string of the molecule is CCCCCCCCOc1cc2nc3n(c2cc1OCCCCCCCC)C(=O)[C@]1(C)C[C@](C)(C(=O)O)C[C@@]3(C)C1. The lowest BCUT2D eigenvalue weighted by atomic mass is 9.52. The summed E-state index contributed by atoms with van der Waals surface area (Å²) >= 11 is 0. The van der Waals surface area contributed by atoms with Crippen LogP contribution >= 0.6 is 0 Å². The normalized spacial score (nSPS) is 25.3. The van der Waals surface area contributed by atoms with E-state index >= 15 is 0 Å². The van der Waals surface area contributed by atoms with Gasteiger partial charge in [0.2, 0.25) is 5.91 Å². The van der Waals surface area contributed by atoms with Gasteiger partial charge in [0.1, 0.15) is 5.82 Å². The molecule has 7 heteroatoms. The van der Waals surface area contributed by atoms with Gasteiger partial charge in [0.05, 0.1) is 29.7 Å². The van der Waals surface area contributed by atoms with E-state index in [0.717, 1.165) is 31.2 Å². The predicted molar refractivity (Wildman–Crippen MR) is 163 cm³/mol. The number of benzene rings is 1. The van der Waals surface area contributed by atoms with E-state index in [-0.39, 0.29) is 5.91 Å². The Morgan fingerprint density at radius 2 is 1.32 bits per heavy atom. The van der Waals surface area contributed by atoms with Gasteiger partial charge in [0.25, 0.3) is 0 Å². The molecule has 1 fully saturated rings. The largest absolute Gasteiger partial charge is 0.490 e. The van der Waals surface area contributed by atoms with E-state index in [1.165, 1.54) is 51.4 Å². The Balaban J connectivity index is 1.61. The highest BCUT2D eigenvalue weighted by Crippen LogP contribution is 2.59. The number of fused-ring (bicyclic) bond motifs is 6. The summed E-state index contributed by atoms with van der Waals surface area (Å²) < 4.78 is 14.4. The fourth-order valence-electron chi connectivity index (χ4n) is 7.55. The molecule has 1 saturated carbocycles. The van der Waals surface area contributed by atoms with Crippen LogP contribution in [0.3, 0.4) is 0 Å². The molecule has 4 rings (SSSR count). The van der Waals surface area contributed by atoms with Crippen molar-refractivity contribution in [3.8, 4) is 11.5 Å². The summed E-state index contributed by atoms with van der Waals surface area (Å²) in [6.45, 7) is 11.4. The molecule has 0 spiro atoms. The van der Waals surface area contributed by atoms with Gasteiger partial charge in [-0.05, 0) is 39.0 Å². The Bertz CT molecular complexity index is 1220. The van der Waals surface area contributed by atoms with E-state index in [9.17, 15) is 14.7 Å². The standard InChI is InChI=1S/C34H52N2O5/c1-6-8-10-12-14-16-18-40-27-20-25-26(21-28(27)41-19-17-15-13-11-9-7-2)36-29(35-25)32(3)22-33(4,30(36)37)24-34(5,23-32)31(38)39/h20-21H,6-19,22-24H2,1-5H3,(H,38,39)/t32-,33+,34-/m1/s1. The monoisotopic (exact) mass is 568 g/mol. The number of unbranched alkanes of at least 4 members (excludes halogenated alkanes) is 10. The third kappa shape index (κ3) is 6.75. The van der Waals surface area contributed by atoms with Crippen molar-refractivity contribution in [3.63, 3.8) is 0 Å². The minimum Gasteiger partial charge on any atom is -0.490 e. The Labute approximate surface area is 246 Å². The van der Waals surface area contributed by atoms with Crippen LogP contribution in [-0.4, -0.2) is 39.7 Å². The van der Waals surface area contributed by atoms with Gasteiger partial charge in [-0.3, -0.25) is 14.2 Å². The number of hydrogen-bond acceptors (Lipinski definition) is 5. The van der Waals surface area contributed by atoms with E-state index in [1.807, 2.05) is 19.1 Å². The number of carboxylic acids is 1. The topological polar surface area (TPSA) is 90.7 Å². The number of ether oxygens (including phenoxy) is 2. The van der Waals surface area contributed by atoms with Gasteiger partial charge in [0, 0.05) is 23.0 Å². The molecule has 2 heterocycles. The molecule has 1 aliphatic carbocycles. The van der Waals surface area contributed by atoms with E-state index in [4.69, 9.17) is 14.5 Å². The zero-order valence-corrected chi connectivity index (χ0v) is 26.2. The van der Waals surface area contributed by atoms with Crippen LogP contribution in [0, 0.1) is 10.8 Å². The van der Waals surface area contributed by atoms with Crippen molar-refractivity contribution in [2.45, 2.75) is 136 Å². The number of hydrogen-bond donors (Lipinski definition) is 1. The van der Waals surface area contributed by atoms with E-state index in [2.05, 4.69) is 20.8 Å². The summed E-state index contributed by atoms with van der Waals surface area (Å²) in [6.07, 6.45) is 15.6. The van der Waals surface area contributed by atoms with Gasteiger partial charge in [0.15, 0.2) is 11.5 Å². The number of carbonyl (C=O) groups is 2. The van der Waals surface area contributed by atoms with Gasteiger partial charge in [-0.25, -0.2) is 4.98 Å². The lowest BCUT2D eigenvalue weighted by Gasteiger charge is -2.53. The average molecular weight is 569 g/mol. The Hall–Kier alpha value is -2.57. The molecule has 1 aromatic heterocycles. The Kier molecular flexibility index (Phi) is 10.1. The second kappa shape index (κ2) is 13.2. The van der Waals surface area contributed by atoms with E-state index in [0.29, 0.717) is 55.3 Å². The maximum atomic E-state index is 14.0. The highest BCUT2D eigenvalue weighted by Gasteiger charge is 2.60. The fourth-order valence-corrected chi connectivity index (χ4v) is 7.55. The summed E-state index contributed by atoms with van der Waals surface area (Å²) in [5.74, 6) is 1.09. The van der Waals surface area contributed by atoms with Crippen LogP contribution in [-0.2, 0) is 10.2 Å². The molecule has 2 aliphatic rings. The minimum atomic E-state index is -0.975. The van der Waals surface area contributed by atoms with Crippen molar-refractivity contribution >= 4 is 22.9 Å². The molecule has 0 saturated heterocycles. The highest BCUT2D eigenvalue weighted by molar-refractivity contribution is 5.97. The number of aromatic nitrogens is 2. The summed E-state index contributed by atoms with van der Waals surface area (Å²) in [5, 5.41) is 10.1. The predicted octanol–water partition coefficient (Wildman–Crippen LogP) is 8.71. The smallest absolute Gasteiger partial charge is 0.309 e. The van der Waals surface area contributed by atoms with Crippen LogP contribution in [0.5, 0.6) is 11.5 Å². The van der Waals surface area contributed by atoms with Crippen molar-refractivity contribution in [3.05, 3.63) is 18.0 Å². The molecule has 2 aromatic rings. The molecular formula is C34H52N2O5. The first-order valence-corrected chi connectivity index (χ1v) is 16.2. The Morgan fingerprint density at radius 1 is 0.805 bits per heavy atom. The second-order valence-corrected chi connectivity index (χ2v) is 13.6. The fraction of sp³-hybridized carbons (Fsp3) is 0.735. The maximum Gasteiger partial charge on any atom is 0.309 e. The number of imidazole rings is 1. The molecule has 41 heavy (non-hydrogen) atoms. The molecule has 228 valence electrons. The van der Waals surface area contributed by atoms with Gasteiger partial charge in [-0.1, -0.05) is 91.9 Å². The van der Waals surface area contributed by atoms with Crippen molar-refractivity contribution in [1.82, 2.24) is 9.55 Å². The quantitative estimate of drug-likeness (QED) is 0.192. The number of rotatable bonds is 17. The third-order valence-corrected chi connectivity index (χ3v) is 9.35. The Morgan fingerprint density at radius 3 is 1.88 bits per heavy atom. The highest BCUT2D eigenvalue weighted by atomic mass is 16.5. The molecule has 1 aliphatic heterocycles. The summed E-state index contributed by atoms with van der Waals surface area (Å²) in [6, 6.07) is 3.86. The van der Waals surface area contributed by atoms with Gasteiger partial charge in [-0.2, -0.15) is 0 Å². The molecule has 1 N–H and O–H groups in total. The lowest BCUT2D eigenvalue weighted by molar-refractivity contribution is -0.154. The molecule has 2 bridgehead atoms. The molecule has 0 unspecified atom stereocenters. The van der Waals surface area contributed by atoms with Crippen molar-refractivity contribution in [2.75, 3.05) is 13.2 Å². The molecule has 7 nitrogen and oxygen atoms in total. The van der Waals surface area contributed by atoms with Crippen LogP contribution in [0.25, 0.3) is 11.0 Å². The summed E-state index contributed by atoms with van der Waals surface area (Å²) in [5.41, 5.74) is -0.838. The zero-order chi connectivity index (χ0) is 29.7. The number of carboxylic acid groups (broad SMARTS) is 1.